The van der Waals surface area contributed by atoms with Crippen molar-refractivity contribution < 1.29 is 0 Å². The zero-order valence-corrected chi connectivity index (χ0v) is 11.8. The van der Waals surface area contributed by atoms with Gasteiger partial charge in [0.2, 0.25) is 0 Å². The fraction of sp³-hybridized carbons (Fsp3) is 0.333. The molecule has 0 unspecified atom stereocenters. The molecule has 0 heterocycles. The first kappa shape index (κ1) is 13.7. The van der Waals surface area contributed by atoms with Gasteiger partial charge in [0.25, 0.3) is 0 Å². The molecule has 0 atom stereocenters. The minimum atomic E-state index is 1.10. The van der Waals surface area contributed by atoms with E-state index in [4.69, 9.17) is 0 Å². The van der Waals surface area contributed by atoms with E-state index in [1.165, 1.54) is 24.1 Å². The van der Waals surface area contributed by atoms with Crippen LogP contribution in [0.3, 0.4) is 0 Å². The molecular weight excluding hydrogens is 230 g/mol. The molecular formula is C18H21N. The molecule has 0 aliphatic carbocycles. The van der Waals surface area contributed by atoms with Crippen molar-refractivity contribution in [2.24, 2.45) is 0 Å². The van der Waals surface area contributed by atoms with Crippen LogP contribution in [-0.2, 0) is 0 Å². The molecule has 2 aromatic rings. The summed E-state index contributed by atoms with van der Waals surface area (Å²) >= 11 is 0. The van der Waals surface area contributed by atoms with Crippen LogP contribution in [-0.4, -0.2) is 13.1 Å². The van der Waals surface area contributed by atoms with E-state index in [0.29, 0.717) is 0 Å². The number of anilines is 1. The molecule has 0 spiro atoms. The second-order valence-electron chi connectivity index (χ2n) is 4.74. The highest BCUT2D eigenvalue weighted by Gasteiger charge is 2.04. The van der Waals surface area contributed by atoms with Gasteiger partial charge in [-0.15, -0.1) is 0 Å². The fourth-order valence-corrected chi connectivity index (χ4v) is 2.28. The maximum atomic E-state index is 3.24. The molecule has 0 saturated heterocycles. The lowest BCUT2D eigenvalue weighted by molar-refractivity contribution is 0.745. The lowest BCUT2D eigenvalue weighted by Crippen LogP contribution is -2.24. The van der Waals surface area contributed by atoms with Crippen LogP contribution in [0, 0.1) is 12.1 Å². The number of rotatable bonds is 6. The Bertz CT molecular complexity index is 467. The van der Waals surface area contributed by atoms with E-state index in [2.05, 4.69) is 55.1 Å². The smallest absolute Gasteiger partial charge is 0.0366 e. The number of benzene rings is 2. The average molecular weight is 251 g/mol. The van der Waals surface area contributed by atoms with E-state index in [0.717, 1.165) is 18.7 Å². The van der Waals surface area contributed by atoms with Crippen molar-refractivity contribution in [1.82, 2.24) is 0 Å². The highest BCUT2D eigenvalue weighted by atomic mass is 15.1. The summed E-state index contributed by atoms with van der Waals surface area (Å²) in [5, 5.41) is 0. The molecule has 1 heteroatoms. The van der Waals surface area contributed by atoms with E-state index < -0.39 is 0 Å². The Morgan fingerprint density at radius 2 is 1.63 bits per heavy atom. The zero-order valence-electron chi connectivity index (χ0n) is 11.8. The van der Waals surface area contributed by atoms with Gasteiger partial charge in [-0.2, -0.15) is 0 Å². The van der Waals surface area contributed by atoms with Crippen molar-refractivity contribution in [3.05, 3.63) is 54.6 Å². The SMILES string of the molecule is CCCN(CCC)c1ccc(-c2[c]cc[c]c2)cc1. The van der Waals surface area contributed by atoms with Crippen molar-refractivity contribution in [2.45, 2.75) is 26.7 Å². The van der Waals surface area contributed by atoms with Crippen LogP contribution in [0.5, 0.6) is 0 Å². The maximum absolute atomic E-state index is 3.24. The Hall–Kier alpha value is -1.76. The van der Waals surface area contributed by atoms with Crippen molar-refractivity contribution >= 4 is 5.69 Å². The Labute approximate surface area is 116 Å². The van der Waals surface area contributed by atoms with Crippen LogP contribution >= 0.6 is 0 Å². The normalized spacial score (nSPS) is 10.4. The van der Waals surface area contributed by atoms with Gasteiger partial charge in [0, 0.05) is 18.8 Å². The molecule has 2 radical (unpaired) electrons. The van der Waals surface area contributed by atoms with Crippen LogP contribution in [0.15, 0.2) is 42.5 Å². The van der Waals surface area contributed by atoms with E-state index >= 15 is 0 Å². The van der Waals surface area contributed by atoms with Crippen LogP contribution in [0.2, 0.25) is 0 Å². The van der Waals surface area contributed by atoms with Gasteiger partial charge in [-0.25, -0.2) is 0 Å². The summed E-state index contributed by atoms with van der Waals surface area (Å²) in [5.74, 6) is 0. The summed E-state index contributed by atoms with van der Waals surface area (Å²) in [6.45, 7) is 6.70. The molecule has 0 aliphatic rings. The molecule has 0 aliphatic heterocycles. The lowest BCUT2D eigenvalue weighted by Gasteiger charge is -2.24. The van der Waals surface area contributed by atoms with E-state index in [9.17, 15) is 0 Å². The number of nitrogens with zero attached hydrogens (tertiary/aromatic N) is 1. The predicted octanol–water partition coefficient (Wildman–Crippen LogP) is 4.58. The van der Waals surface area contributed by atoms with Gasteiger partial charge in [0.1, 0.15) is 0 Å². The lowest BCUT2D eigenvalue weighted by atomic mass is 10.1. The summed E-state index contributed by atoms with van der Waals surface area (Å²) in [5.41, 5.74) is 3.62. The summed E-state index contributed by atoms with van der Waals surface area (Å²) in [4.78, 5) is 2.45. The Balaban J connectivity index is 2.17. The highest BCUT2D eigenvalue weighted by molar-refractivity contribution is 5.65. The predicted molar refractivity (Wildman–Crippen MR) is 82.3 cm³/mol. The van der Waals surface area contributed by atoms with E-state index in [1.807, 2.05) is 18.2 Å². The molecule has 0 bridgehead atoms. The summed E-state index contributed by atoms with van der Waals surface area (Å²) in [7, 11) is 0. The zero-order chi connectivity index (χ0) is 13.5. The Morgan fingerprint density at radius 1 is 0.947 bits per heavy atom. The van der Waals surface area contributed by atoms with Gasteiger partial charge in [-0.05, 0) is 54.3 Å². The van der Waals surface area contributed by atoms with Gasteiger partial charge in [0.15, 0.2) is 0 Å². The molecule has 2 aromatic carbocycles. The third kappa shape index (κ3) is 3.60. The minimum absolute atomic E-state index is 1.10. The molecule has 98 valence electrons. The first-order valence-electron chi connectivity index (χ1n) is 7.08. The second-order valence-corrected chi connectivity index (χ2v) is 4.74. The molecule has 0 N–H and O–H groups in total. The highest BCUT2D eigenvalue weighted by Crippen LogP contribution is 2.22. The monoisotopic (exact) mass is 251 g/mol. The number of hydrogen-bond acceptors (Lipinski definition) is 1. The molecule has 1 nitrogen and oxygen atoms in total. The van der Waals surface area contributed by atoms with Crippen molar-refractivity contribution in [1.29, 1.82) is 0 Å². The standard InChI is InChI=1S/C18H21N/c1-3-14-19(15-4-2)18-12-10-17(11-13-18)16-8-6-5-7-9-16/h5-6,9-13H,3-4,14-15H2,1-2H3. The average Bonchev–Trinajstić information content (AvgIpc) is 2.48. The topological polar surface area (TPSA) is 3.24 Å². The van der Waals surface area contributed by atoms with Crippen molar-refractivity contribution in [2.75, 3.05) is 18.0 Å². The molecule has 0 saturated carbocycles. The van der Waals surface area contributed by atoms with Crippen LogP contribution in [0.4, 0.5) is 5.69 Å². The van der Waals surface area contributed by atoms with Gasteiger partial charge in [-0.1, -0.05) is 38.1 Å². The quantitative estimate of drug-likeness (QED) is 0.726. The molecule has 0 fully saturated rings. The van der Waals surface area contributed by atoms with Crippen molar-refractivity contribution in [3.63, 3.8) is 0 Å². The summed E-state index contributed by atoms with van der Waals surface area (Å²) in [6, 6.07) is 20.9. The third-order valence-electron chi connectivity index (χ3n) is 3.18. The fourth-order valence-electron chi connectivity index (χ4n) is 2.28. The molecule has 0 amide bonds. The summed E-state index contributed by atoms with van der Waals surface area (Å²) in [6.07, 6.45) is 2.37. The van der Waals surface area contributed by atoms with E-state index in [1.54, 1.807) is 0 Å². The number of hydrogen-bond donors (Lipinski definition) is 0. The van der Waals surface area contributed by atoms with Crippen LogP contribution in [0.25, 0.3) is 11.1 Å². The molecule has 19 heavy (non-hydrogen) atoms. The minimum Gasteiger partial charge on any atom is -0.372 e. The molecule has 0 aromatic heterocycles. The Morgan fingerprint density at radius 3 is 2.16 bits per heavy atom. The molecule has 2 rings (SSSR count). The largest absolute Gasteiger partial charge is 0.372 e. The first-order valence-corrected chi connectivity index (χ1v) is 7.08. The maximum Gasteiger partial charge on any atom is 0.0366 e. The van der Waals surface area contributed by atoms with Gasteiger partial charge >= 0.3 is 0 Å². The second kappa shape index (κ2) is 6.98. The van der Waals surface area contributed by atoms with Gasteiger partial charge in [-0.3, -0.25) is 0 Å². The van der Waals surface area contributed by atoms with Gasteiger partial charge in [0.05, 0.1) is 0 Å². The Kier molecular flexibility index (Phi) is 5.02. The van der Waals surface area contributed by atoms with Crippen LogP contribution in [0.1, 0.15) is 26.7 Å². The van der Waals surface area contributed by atoms with Crippen molar-refractivity contribution in [3.8, 4) is 11.1 Å². The first-order chi connectivity index (χ1) is 9.35. The van der Waals surface area contributed by atoms with Gasteiger partial charge < -0.3 is 4.90 Å². The van der Waals surface area contributed by atoms with E-state index in [-0.39, 0.29) is 0 Å². The summed E-state index contributed by atoms with van der Waals surface area (Å²) < 4.78 is 0. The van der Waals surface area contributed by atoms with Crippen LogP contribution < -0.4 is 4.90 Å². The third-order valence-corrected chi connectivity index (χ3v) is 3.18.